The summed E-state index contributed by atoms with van der Waals surface area (Å²) >= 11 is 0. The summed E-state index contributed by atoms with van der Waals surface area (Å²) in [6, 6.07) is -2.90. The van der Waals surface area contributed by atoms with E-state index in [1.54, 1.807) is 0 Å². The summed E-state index contributed by atoms with van der Waals surface area (Å²) in [5, 5.41) is 121. The monoisotopic (exact) mass is 791 g/mol. The Kier molecular flexibility index (Phi) is 16.6. The average Bonchev–Trinajstić information content (AvgIpc) is 3.14. The van der Waals surface area contributed by atoms with Crippen LogP contribution in [0, 0.1) is 0 Å². The number of amides is 2. The Labute approximate surface area is 308 Å². The first-order valence-electron chi connectivity index (χ1n) is 17.3. The van der Waals surface area contributed by atoms with E-state index < -0.39 is 161 Å². The highest BCUT2D eigenvalue weighted by Crippen LogP contribution is 2.34. The number of carbonyl (C=O) groups is 2. The van der Waals surface area contributed by atoms with E-state index in [0.717, 1.165) is 13.8 Å². The van der Waals surface area contributed by atoms with Crippen molar-refractivity contribution in [3.8, 4) is 0 Å². The molecule has 314 valence electrons. The third-order valence-corrected chi connectivity index (χ3v) is 9.39. The van der Waals surface area contributed by atoms with Gasteiger partial charge in [0.1, 0.15) is 97.5 Å². The molecule has 24 heteroatoms. The fraction of sp³-hybridized carbons (Fsp3) is 0.933. The Hall–Kier alpha value is -1.86. The molecule has 0 radical (unpaired) electrons. The molecule has 4 aliphatic heterocycles. The molecule has 4 rings (SSSR count). The Bertz CT molecular complexity index is 1190. The van der Waals surface area contributed by atoms with Gasteiger partial charge in [-0.1, -0.05) is 0 Å². The highest BCUT2D eigenvalue weighted by molar-refractivity contribution is 5.73. The predicted octanol–water partition coefficient (Wildman–Crippen LogP) is -9.48. The molecular formula is C30H53N3O21. The van der Waals surface area contributed by atoms with Crippen LogP contribution >= 0.6 is 0 Å². The Morgan fingerprint density at radius 1 is 0.519 bits per heavy atom. The molecule has 0 bridgehead atoms. The van der Waals surface area contributed by atoms with Crippen molar-refractivity contribution in [2.75, 3.05) is 39.6 Å². The van der Waals surface area contributed by atoms with Crippen LogP contribution in [0.2, 0.25) is 0 Å². The number of aliphatic hydroxyl groups is 11. The molecule has 24 nitrogen and oxygen atoms in total. The Morgan fingerprint density at radius 3 is 1.39 bits per heavy atom. The maximum absolute atomic E-state index is 12.3. The summed E-state index contributed by atoms with van der Waals surface area (Å²) in [6.45, 7) is -1.15. The van der Waals surface area contributed by atoms with Crippen molar-refractivity contribution in [1.29, 1.82) is 0 Å². The van der Waals surface area contributed by atoms with Crippen molar-refractivity contribution in [3.63, 3.8) is 0 Å². The first-order valence-corrected chi connectivity index (χ1v) is 17.3. The van der Waals surface area contributed by atoms with E-state index in [1.807, 2.05) is 0 Å². The lowest BCUT2D eigenvalue weighted by Crippen LogP contribution is -2.70. The number of rotatable bonds is 15. The lowest BCUT2D eigenvalue weighted by molar-refractivity contribution is -0.377. The van der Waals surface area contributed by atoms with Gasteiger partial charge < -0.3 is 110 Å². The van der Waals surface area contributed by atoms with Gasteiger partial charge in [0.25, 0.3) is 0 Å². The maximum Gasteiger partial charge on any atom is 0.217 e. The third-order valence-electron chi connectivity index (χ3n) is 9.39. The smallest absolute Gasteiger partial charge is 0.217 e. The number of carbonyl (C=O) groups excluding carboxylic acids is 2. The molecule has 4 heterocycles. The van der Waals surface area contributed by atoms with Gasteiger partial charge in [-0.3, -0.25) is 9.59 Å². The highest BCUT2D eigenvalue weighted by Gasteiger charge is 2.56. The molecule has 0 spiro atoms. The fourth-order valence-electron chi connectivity index (χ4n) is 6.66. The summed E-state index contributed by atoms with van der Waals surface area (Å²) in [6.07, 6.45) is -30.6. The van der Waals surface area contributed by atoms with Crippen LogP contribution in [0.15, 0.2) is 0 Å². The van der Waals surface area contributed by atoms with Crippen LogP contribution < -0.4 is 16.4 Å². The Morgan fingerprint density at radius 2 is 0.926 bits per heavy atom. The summed E-state index contributed by atoms with van der Waals surface area (Å²) < 4.78 is 45.4. The van der Waals surface area contributed by atoms with Gasteiger partial charge in [0.05, 0.1) is 33.0 Å². The van der Waals surface area contributed by atoms with Crippen LogP contribution in [0.3, 0.4) is 0 Å². The molecule has 4 fully saturated rings. The minimum Gasteiger partial charge on any atom is -0.394 e. The molecule has 0 aromatic heterocycles. The molecule has 4 saturated heterocycles. The fourth-order valence-corrected chi connectivity index (χ4v) is 6.66. The molecule has 15 N–H and O–H groups in total. The SMILES string of the molecule is CC(=O)N[C@H]1[C@H](O[C@H]2[C@@H](O)[C@@H](CO)O[C@@H](O[C@H]3[C@H](O)[C@@H](NC(C)=O)[C@H](OCCN)O[C@@H]3CO)[C@@H]2O)O[C@H](CO)[C@@H](O[C@H]2O[C@H](CO)[C@H](O)[C@H](O)[C@H]2O)[C@@H]1O. The van der Waals surface area contributed by atoms with E-state index in [4.69, 9.17) is 43.6 Å². The number of aliphatic hydroxyl groups excluding tert-OH is 11. The molecule has 2 amide bonds. The normalized spacial score (nSPS) is 45.8. The van der Waals surface area contributed by atoms with Crippen LogP contribution in [0.25, 0.3) is 0 Å². The van der Waals surface area contributed by atoms with E-state index in [0.29, 0.717) is 0 Å². The van der Waals surface area contributed by atoms with Crippen LogP contribution in [-0.2, 0) is 47.5 Å². The second-order valence-corrected chi connectivity index (χ2v) is 13.3. The van der Waals surface area contributed by atoms with E-state index in [-0.39, 0.29) is 13.2 Å². The minimum absolute atomic E-state index is 0.0497. The molecule has 0 aliphatic carbocycles. The first kappa shape index (κ1) is 44.8. The predicted molar refractivity (Wildman–Crippen MR) is 170 cm³/mol. The summed E-state index contributed by atoms with van der Waals surface area (Å²) in [7, 11) is 0. The average molecular weight is 792 g/mol. The van der Waals surface area contributed by atoms with Gasteiger partial charge >= 0.3 is 0 Å². The lowest BCUT2D eigenvalue weighted by Gasteiger charge is -2.50. The topological polar surface area (TPSA) is 381 Å². The number of hydrogen-bond donors (Lipinski definition) is 14. The number of nitrogens with one attached hydrogen (secondary N) is 2. The molecule has 0 saturated carbocycles. The van der Waals surface area contributed by atoms with Gasteiger partial charge in [0.2, 0.25) is 11.8 Å². The number of nitrogens with two attached hydrogens (primary N) is 1. The van der Waals surface area contributed by atoms with Gasteiger partial charge in [-0.15, -0.1) is 0 Å². The number of hydrogen-bond acceptors (Lipinski definition) is 22. The van der Waals surface area contributed by atoms with E-state index in [2.05, 4.69) is 10.6 Å². The molecule has 54 heavy (non-hydrogen) atoms. The van der Waals surface area contributed by atoms with Crippen LogP contribution in [-0.4, -0.2) is 230 Å². The van der Waals surface area contributed by atoms with E-state index in [1.165, 1.54) is 0 Å². The second kappa shape index (κ2) is 20.0. The van der Waals surface area contributed by atoms with Crippen LogP contribution in [0.4, 0.5) is 0 Å². The van der Waals surface area contributed by atoms with Crippen molar-refractivity contribution >= 4 is 11.8 Å². The van der Waals surface area contributed by atoms with Gasteiger partial charge in [-0.05, 0) is 0 Å². The molecule has 0 unspecified atom stereocenters. The molecule has 0 aromatic rings. The minimum atomic E-state index is -2.02. The molecule has 4 aliphatic rings. The first-order chi connectivity index (χ1) is 25.6. The zero-order chi connectivity index (χ0) is 40.0. The van der Waals surface area contributed by atoms with Crippen molar-refractivity contribution in [2.24, 2.45) is 5.73 Å². The molecular weight excluding hydrogens is 738 g/mol. The highest BCUT2D eigenvalue weighted by atomic mass is 16.8. The van der Waals surface area contributed by atoms with Crippen LogP contribution in [0.5, 0.6) is 0 Å². The zero-order valence-corrected chi connectivity index (χ0v) is 29.4. The zero-order valence-electron chi connectivity index (χ0n) is 29.4. The summed E-state index contributed by atoms with van der Waals surface area (Å²) in [5.74, 6) is -1.35. The standard InChI is InChI=1S/C30H53N3O21/c1-9(38)32-15-19(42)24(13(7-36)50-27(15)47-4-3-31)53-30-23(46)26(18(41)12(6-35)49-30)54-28-16(33-10(2)39)20(43)25(14(8-37)51-28)52-29-22(45)21(44)17(40)11(5-34)48-29/h11-30,34-37,40-46H,3-8,31H2,1-2H3,(H,32,38)(H,33,39)/t11-,12-,13-,14-,15-,16-,17+,18+,19-,20-,21+,22-,23-,24-,25-,26+,27-,28+,29-,30+/m1/s1. The summed E-state index contributed by atoms with van der Waals surface area (Å²) in [5.41, 5.74) is 5.50. The molecule has 20 atom stereocenters. The van der Waals surface area contributed by atoms with Crippen LogP contribution in [0.1, 0.15) is 13.8 Å². The van der Waals surface area contributed by atoms with Crippen molar-refractivity contribution in [2.45, 2.75) is 137 Å². The maximum atomic E-state index is 12.3. The number of ether oxygens (including phenoxy) is 8. The van der Waals surface area contributed by atoms with Crippen molar-refractivity contribution < 1.29 is 104 Å². The third kappa shape index (κ3) is 9.98. The van der Waals surface area contributed by atoms with Gasteiger partial charge in [0, 0.05) is 20.4 Å². The van der Waals surface area contributed by atoms with Crippen molar-refractivity contribution in [3.05, 3.63) is 0 Å². The van der Waals surface area contributed by atoms with E-state index in [9.17, 15) is 65.8 Å². The van der Waals surface area contributed by atoms with E-state index >= 15 is 0 Å². The Balaban J connectivity index is 1.57. The quantitative estimate of drug-likeness (QED) is 0.0732. The van der Waals surface area contributed by atoms with Gasteiger partial charge in [-0.25, -0.2) is 0 Å². The molecule has 0 aromatic carbocycles. The van der Waals surface area contributed by atoms with Crippen molar-refractivity contribution in [1.82, 2.24) is 10.6 Å². The summed E-state index contributed by atoms with van der Waals surface area (Å²) in [4.78, 5) is 24.2. The lowest BCUT2D eigenvalue weighted by atomic mass is 9.94. The largest absolute Gasteiger partial charge is 0.394 e. The van der Waals surface area contributed by atoms with Gasteiger partial charge in [0.15, 0.2) is 25.2 Å². The second-order valence-electron chi connectivity index (χ2n) is 13.3. The van der Waals surface area contributed by atoms with Gasteiger partial charge in [-0.2, -0.15) is 0 Å².